The predicted octanol–water partition coefficient (Wildman–Crippen LogP) is 2.26. The third kappa shape index (κ3) is 3.55. The van der Waals surface area contributed by atoms with E-state index in [-0.39, 0.29) is 6.61 Å². The molecule has 0 atom stereocenters. The molecule has 0 fully saturated rings. The third-order valence-corrected chi connectivity index (χ3v) is 4.36. The lowest BCUT2D eigenvalue weighted by molar-refractivity contribution is 0.276. The second-order valence-corrected chi connectivity index (χ2v) is 6.26. The highest BCUT2D eigenvalue weighted by molar-refractivity contribution is 5.84. The van der Waals surface area contributed by atoms with Crippen molar-refractivity contribution < 1.29 is 5.11 Å². The number of benzene rings is 1. The Labute approximate surface area is 156 Å². The molecule has 3 N–H and O–H groups in total. The van der Waals surface area contributed by atoms with Gasteiger partial charge in [-0.25, -0.2) is 9.67 Å². The van der Waals surface area contributed by atoms with Gasteiger partial charge in [0.1, 0.15) is 0 Å². The van der Waals surface area contributed by atoms with E-state index in [0.717, 1.165) is 40.7 Å². The fraction of sp³-hybridized carbons (Fsp3) is 0.200. The number of nitrogens with zero attached hydrogens (tertiary/aromatic N) is 5. The van der Waals surface area contributed by atoms with E-state index in [0.29, 0.717) is 18.1 Å². The van der Waals surface area contributed by atoms with Crippen LogP contribution in [0.4, 0.5) is 0 Å². The molecule has 3 aromatic heterocycles. The van der Waals surface area contributed by atoms with E-state index in [1.165, 1.54) is 6.20 Å². The highest BCUT2D eigenvalue weighted by atomic mass is 16.3. The van der Waals surface area contributed by atoms with Gasteiger partial charge in [0.05, 0.1) is 42.1 Å². The van der Waals surface area contributed by atoms with Crippen molar-refractivity contribution >= 4 is 10.9 Å². The van der Waals surface area contributed by atoms with Gasteiger partial charge in [-0.05, 0) is 37.6 Å². The highest BCUT2D eigenvalue weighted by Gasteiger charge is 2.10. The number of aryl methyl sites for hydroxylation is 1. The Bertz CT molecular complexity index is 1070. The second kappa shape index (κ2) is 7.61. The SMILES string of the molecule is NCCCc1cccc(-c2ccc3cnn(-c4cncc(CO)n4)c3c2)n1. The average Bonchev–Trinajstić information content (AvgIpc) is 3.16. The van der Waals surface area contributed by atoms with Gasteiger partial charge in [-0.2, -0.15) is 5.10 Å². The van der Waals surface area contributed by atoms with Gasteiger partial charge in [-0.3, -0.25) is 9.97 Å². The summed E-state index contributed by atoms with van der Waals surface area (Å²) in [4.78, 5) is 13.3. The van der Waals surface area contributed by atoms with Crippen LogP contribution in [0.25, 0.3) is 28.0 Å². The molecule has 0 bridgehead atoms. The number of hydrogen-bond acceptors (Lipinski definition) is 6. The van der Waals surface area contributed by atoms with Gasteiger partial charge in [0.2, 0.25) is 0 Å². The summed E-state index contributed by atoms with van der Waals surface area (Å²) in [6.07, 6.45) is 6.75. The van der Waals surface area contributed by atoms with Crippen LogP contribution in [0, 0.1) is 0 Å². The Kier molecular flexibility index (Phi) is 4.86. The van der Waals surface area contributed by atoms with Gasteiger partial charge < -0.3 is 10.8 Å². The Morgan fingerprint density at radius 1 is 1.00 bits per heavy atom. The lowest BCUT2D eigenvalue weighted by atomic mass is 10.1. The molecule has 0 aliphatic carbocycles. The summed E-state index contributed by atoms with van der Waals surface area (Å²) < 4.78 is 1.73. The maximum Gasteiger partial charge on any atom is 0.172 e. The molecular weight excluding hydrogens is 340 g/mol. The van der Waals surface area contributed by atoms with Gasteiger partial charge in [0.15, 0.2) is 5.82 Å². The van der Waals surface area contributed by atoms with Gasteiger partial charge in [0.25, 0.3) is 0 Å². The van der Waals surface area contributed by atoms with E-state index in [9.17, 15) is 5.11 Å². The number of rotatable bonds is 6. The van der Waals surface area contributed by atoms with E-state index in [2.05, 4.69) is 15.1 Å². The minimum Gasteiger partial charge on any atom is -0.390 e. The van der Waals surface area contributed by atoms with Crippen molar-refractivity contribution in [3.8, 4) is 17.1 Å². The molecule has 0 radical (unpaired) electrons. The number of hydrogen-bond donors (Lipinski definition) is 2. The van der Waals surface area contributed by atoms with E-state index < -0.39 is 0 Å². The van der Waals surface area contributed by atoms with E-state index in [4.69, 9.17) is 10.7 Å². The molecule has 1 aromatic carbocycles. The monoisotopic (exact) mass is 360 g/mol. The van der Waals surface area contributed by atoms with Crippen molar-refractivity contribution in [3.05, 3.63) is 66.4 Å². The van der Waals surface area contributed by atoms with Crippen molar-refractivity contribution in [2.24, 2.45) is 5.73 Å². The van der Waals surface area contributed by atoms with E-state index in [1.54, 1.807) is 17.1 Å². The van der Waals surface area contributed by atoms with Crippen LogP contribution in [0.5, 0.6) is 0 Å². The number of aliphatic hydroxyl groups is 1. The first-order chi connectivity index (χ1) is 13.3. The smallest absolute Gasteiger partial charge is 0.172 e. The minimum atomic E-state index is -0.162. The lowest BCUT2D eigenvalue weighted by Crippen LogP contribution is -2.03. The molecule has 136 valence electrons. The van der Waals surface area contributed by atoms with Crippen LogP contribution in [0.15, 0.2) is 55.0 Å². The first kappa shape index (κ1) is 17.3. The molecule has 0 saturated carbocycles. The van der Waals surface area contributed by atoms with Gasteiger partial charge in [-0.15, -0.1) is 0 Å². The topological polar surface area (TPSA) is 103 Å². The summed E-state index contributed by atoms with van der Waals surface area (Å²) in [5, 5.41) is 14.7. The Morgan fingerprint density at radius 2 is 1.93 bits per heavy atom. The van der Waals surface area contributed by atoms with E-state index >= 15 is 0 Å². The third-order valence-electron chi connectivity index (χ3n) is 4.36. The van der Waals surface area contributed by atoms with Crippen molar-refractivity contribution in [2.45, 2.75) is 19.4 Å². The Hall–Kier alpha value is -3.16. The van der Waals surface area contributed by atoms with Crippen LogP contribution < -0.4 is 5.73 Å². The fourth-order valence-electron chi connectivity index (χ4n) is 3.00. The molecule has 0 spiro atoms. The molecule has 0 saturated heterocycles. The molecule has 3 heterocycles. The van der Waals surface area contributed by atoms with Crippen LogP contribution in [-0.2, 0) is 13.0 Å². The van der Waals surface area contributed by atoms with Gasteiger partial charge in [0, 0.05) is 16.6 Å². The predicted molar refractivity (Wildman–Crippen MR) is 103 cm³/mol. The van der Waals surface area contributed by atoms with Crippen LogP contribution in [0.3, 0.4) is 0 Å². The number of pyridine rings is 1. The van der Waals surface area contributed by atoms with Crippen molar-refractivity contribution in [1.29, 1.82) is 0 Å². The molecule has 7 nitrogen and oxygen atoms in total. The molecule has 27 heavy (non-hydrogen) atoms. The largest absolute Gasteiger partial charge is 0.390 e. The summed E-state index contributed by atoms with van der Waals surface area (Å²) in [5.74, 6) is 0.568. The van der Waals surface area contributed by atoms with Crippen LogP contribution in [0.1, 0.15) is 17.8 Å². The fourth-order valence-corrected chi connectivity index (χ4v) is 3.00. The summed E-state index contributed by atoms with van der Waals surface area (Å²) in [6, 6.07) is 12.2. The van der Waals surface area contributed by atoms with E-state index in [1.807, 2.05) is 36.4 Å². The maximum absolute atomic E-state index is 9.30. The number of nitrogens with two attached hydrogens (primary N) is 1. The van der Waals surface area contributed by atoms with Crippen LogP contribution in [-0.4, -0.2) is 36.4 Å². The molecule has 0 aliphatic heterocycles. The summed E-state index contributed by atoms with van der Waals surface area (Å²) in [6.45, 7) is 0.496. The molecular formula is C20H20N6O. The number of aromatic nitrogens is 5. The zero-order valence-corrected chi connectivity index (χ0v) is 14.8. The first-order valence-corrected chi connectivity index (χ1v) is 8.85. The zero-order chi connectivity index (χ0) is 18.6. The van der Waals surface area contributed by atoms with Crippen molar-refractivity contribution in [1.82, 2.24) is 24.7 Å². The first-order valence-electron chi connectivity index (χ1n) is 8.85. The molecule has 0 unspecified atom stereocenters. The average molecular weight is 360 g/mol. The molecule has 7 heteroatoms. The lowest BCUT2D eigenvalue weighted by Gasteiger charge is -2.07. The molecule has 0 aliphatic rings. The summed E-state index contributed by atoms with van der Waals surface area (Å²) >= 11 is 0. The zero-order valence-electron chi connectivity index (χ0n) is 14.8. The van der Waals surface area contributed by atoms with Gasteiger partial charge in [-0.1, -0.05) is 18.2 Å². The number of aliphatic hydroxyl groups excluding tert-OH is 1. The van der Waals surface area contributed by atoms with Gasteiger partial charge >= 0.3 is 0 Å². The summed E-state index contributed by atoms with van der Waals surface area (Å²) in [7, 11) is 0. The second-order valence-electron chi connectivity index (χ2n) is 6.26. The Balaban J connectivity index is 1.76. The van der Waals surface area contributed by atoms with Crippen molar-refractivity contribution in [3.63, 3.8) is 0 Å². The molecule has 4 aromatic rings. The maximum atomic E-state index is 9.30. The molecule has 0 amide bonds. The number of fused-ring (bicyclic) bond motifs is 1. The summed E-state index contributed by atoms with van der Waals surface area (Å²) in [5.41, 5.74) is 9.97. The minimum absolute atomic E-state index is 0.162. The quantitative estimate of drug-likeness (QED) is 0.547. The normalized spacial score (nSPS) is 11.2. The Morgan fingerprint density at radius 3 is 2.78 bits per heavy atom. The molecule has 4 rings (SSSR count). The van der Waals surface area contributed by atoms with Crippen molar-refractivity contribution in [2.75, 3.05) is 6.54 Å². The van der Waals surface area contributed by atoms with Crippen LogP contribution in [0.2, 0.25) is 0 Å². The standard InChI is InChI=1S/C20H20N6O/c21-8-2-4-16-3-1-5-18(24-16)14-6-7-15-10-23-26(19(15)9-14)20-12-22-11-17(13-27)25-20/h1,3,5-7,9-12,27H,2,4,8,13,21H2. The van der Waals surface area contributed by atoms with Crippen LogP contribution >= 0.6 is 0 Å². The highest BCUT2D eigenvalue weighted by Crippen LogP contribution is 2.25.